The van der Waals surface area contributed by atoms with E-state index in [1.165, 1.54) is 0 Å². The lowest BCUT2D eigenvalue weighted by Gasteiger charge is -2.02. The predicted octanol–water partition coefficient (Wildman–Crippen LogP) is 2.98. The molecule has 5 nitrogen and oxygen atoms in total. The van der Waals surface area contributed by atoms with E-state index in [1.54, 1.807) is 6.92 Å². The van der Waals surface area contributed by atoms with Crippen molar-refractivity contribution in [3.63, 3.8) is 0 Å². The van der Waals surface area contributed by atoms with Crippen LogP contribution in [0.1, 0.15) is 56.3 Å². The molecule has 1 rings (SSSR count). The Bertz CT molecular complexity index is 398. The SMILES string of the molecule is CCCOCc1nc(CC(C)C)c(C(=O)OCC)o1. The van der Waals surface area contributed by atoms with Gasteiger partial charge < -0.3 is 13.9 Å². The summed E-state index contributed by atoms with van der Waals surface area (Å²) in [4.78, 5) is 16.1. The van der Waals surface area contributed by atoms with E-state index >= 15 is 0 Å². The molecule has 0 aliphatic rings. The van der Waals surface area contributed by atoms with Crippen LogP contribution in [-0.4, -0.2) is 24.2 Å². The average Bonchev–Trinajstić information content (AvgIpc) is 2.72. The summed E-state index contributed by atoms with van der Waals surface area (Å²) >= 11 is 0. The van der Waals surface area contributed by atoms with E-state index in [0.29, 0.717) is 43.7 Å². The largest absolute Gasteiger partial charge is 0.460 e. The Morgan fingerprint density at radius 3 is 2.68 bits per heavy atom. The second-order valence-corrected chi connectivity index (χ2v) is 4.75. The summed E-state index contributed by atoms with van der Waals surface area (Å²) in [5, 5.41) is 0. The zero-order chi connectivity index (χ0) is 14.3. The quantitative estimate of drug-likeness (QED) is 0.536. The molecule has 0 aromatic carbocycles. The van der Waals surface area contributed by atoms with Gasteiger partial charge in [-0.15, -0.1) is 0 Å². The fraction of sp³-hybridized carbons (Fsp3) is 0.714. The Labute approximate surface area is 114 Å². The van der Waals surface area contributed by atoms with Crippen LogP contribution in [-0.2, 0) is 22.5 Å². The van der Waals surface area contributed by atoms with Gasteiger partial charge in [-0.1, -0.05) is 20.8 Å². The molecule has 0 saturated carbocycles. The minimum atomic E-state index is -0.451. The lowest BCUT2D eigenvalue weighted by atomic mass is 10.1. The van der Waals surface area contributed by atoms with Crippen molar-refractivity contribution in [1.82, 2.24) is 4.98 Å². The van der Waals surface area contributed by atoms with Crippen LogP contribution in [0, 0.1) is 5.92 Å². The number of hydrogen-bond donors (Lipinski definition) is 0. The molecule has 0 unspecified atom stereocenters. The molecule has 0 spiro atoms. The lowest BCUT2D eigenvalue weighted by molar-refractivity contribution is 0.0476. The summed E-state index contributed by atoms with van der Waals surface area (Å²) in [6, 6.07) is 0. The number of ether oxygens (including phenoxy) is 2. The number of carbonyl (C=O) groups excluding carboxylic acids is 1. The number of nitrogens with zero attached hydrogens (tertiary/aromatic N) is 1. The molecule has 1 heterocycles. The van der Waals surface area contributed by atoms with E-state index in [0.717, 1.165) is 6.42 Å². The highest BCUT2D eigenvalue weighted by Gasteiger charge is 2.21. The van der Waals surface area contributed by atoms with E-state index in [-0.39, 0.29) is 5.76 Å². The predicted molar refractivity (Wildman–Crippen MR) is 70.9 cm³/mol. The summed E-state index contributed by atoms with van der Waals surface area (Å²) in [5.74, 6) is 0.591. The standard InChI is InChI=1S/C14H23NO4/c1-5-7-17-9-12-15-11(8-10(3)4)13(19-12)14(16)18-6-2/h10H,5-9H2,1-4H3. The Hall–Kier alpha value is -1.36. The lowest BCUT2D eigenvalue weighted by Crippen LogP contribution is -2.08. The van der Waals surface area contributed by atoms with Gasteiger partial charge in [0.25, 0.3) is 0 Å². The van der Waals surface area contributed by atoms with Gasteiger partial charge in [-0.05, 0) is 25.7 Å². The molecule has 0 fully saturated rings. The van der Waals surface area contributed by atoms with Gasteiger partial charge in [0, 0.05) is 6.61 Å². The minimum Gasteiger partial charge on any atom is -0.460 e. The molecule has 108 valence electrons. The summed E-state index contributed by atoms with van der Waals surface area (Å²) < 4.78 is 15.8. The van der Waals surface area contributed by atoms with Crippen molar-refractivity contribution in [2.75, 3.05) is 13.2 Å². The third-order valence-electron chi connectivity index (χ3n) is 2.38. The average molecular weight is 269 g/mol. The molecule has 0 saturated heterocycles. The Morgan fingerprint density at radius 2 is 2.11 bits per heavy atom. The normalized spacial score (nSPS) is 11.0. The van der Waals surface area contributed by atoms with Crippen molar-refractivity contribution in [3.8, 4) is 0 Å². The molecule has 0 aliphatic heterocycles. The molecule has 1 aromatic heterocycles. The van der Waals surface area contributed by atoms with Crippen LogP contribution in [0.5, 0.6) is 0 Å². The fourth-order valence-corrected chi connectivity index (χ4v) is 1.65. The zero-order valence-electron chi connectivity index (χ0n) is 12.2. The second-order valence-electron chi connectivity index (χ2n) is 4.75. The van der Waals surface area contributed by atoms with Crippen LogP contribution in [0.25, 0.3) is 0 Å². The van der Waals surface area contributed by atoms with Crippen molar-refractivity contribution in [1.29, 1.82) is 0 Å². The summed E-state index contributed by atoms with van der Waals surface area (Å²) in [7, 11) is 0. The summed E-state index contributed by atoms with van der Waals surface area (Å²) in [5.41, 5.74) is 0.656. The first kappa shape index (κ1) is 15.7. The summed E-state index contributed by atoms with van der Waals surface area (Å²) in [6.45, 7) is 9.19. The van der Waals surface area contributed by atoms with Crippen molar-refractivity contribution in [3.05, 3.63) is 17.3 Å². The first-order valence-corrected chi connectivity index (χ1v) is 6.81. The van der Waals surface area contributed by atoms with Gasteiger partial charge in [-0.3, -0.25) is 0 Å². The van der Waals surface area contributed by atoms with E-state index in [9.17, 15) is 4.79 Å². The van der Waals surface area contributed by atoms with E-state index in [2.05, 4.69) is 18.8 Å². The van der Waals surface area contributed by atoms with E-state index < -0.39 is 5.97 Å². The third kappa shape index (κ3) is 5.03. The fourth-order valence-electron chi connectivity index (χ4n) is 1.65. The van der Waals surface area contributed by atoms with E-state index in [4.69, 9.17) is 13.9 Å². The van der Waals surface area contributed by atoms with Gasteiger partial charge in [0.1, 0.15) is 6.61 Å². The monoisotopic (exact) mass is 269 g/mol. The highest BCUT2D eigenvalue weighted by atomic mass is 16.5. The number of rotatable bonds is 8. The second kappa shape index (κ2) is 7.94. The van der Waals surface area contributed by atoms with Gasteiger partial charge in [-0.25, -0.2) is 9.78 Å². The van der Waals surface area contributed by atoms with Crippen LogP contribution < -0.4 is 0 Å². The third-order valence-corrected chi connectivity index (χ3v) is 2.38. The number of carbonyl (C=O) groups is 1. The molecule has 0 aliphatic carbocycles. The molecular formula is C14H23NO4. The zero-order valence-corrected chi connectivity index (χ0v) is 12.2. The van der Waals surface area contributed by atoms with Crippen LogP contribution in [0.3, 0.4) is 0 Å². The molecule has 19 heavy (non-hydrogen) atoms. The van der Waals surface area contributed by atoms with Crippen molar-refractivity contribution in [2.24, 2.45) is 5.92 Å². The molecule has 0 bridgehead atoms. The minimum absolute atomic E-state index is 0.214. The number of hydrogen-bond acceptors (Lipinski definition) is 5. The van der Waals surface area contributed by atoms with Gasteiger partial charge >= 0.3 is 5.97 Å². The van der Waals surface area contributed by atoms with Gasteiger partial charge in [0.2, 0.25) is 11.7 Å². The van der Waals surface area contributed by atoms with Gasteiger partial charge in [0.05, 0.1) is 12.3 Å². The molecule has 0 atom stereocenters. The van der Waals surface area contributed by atoms with Gasteiger partial charge in [0.15, 0.2) is 0 Å². The number of aromatic nitrogens is 1. The highest BCUT2D eigenvalue weighted by molar-refractivity contribution is 5.87. The van der Waals surface area contributed by atoms with Crippen molar-refractivity contribution in [2.45, 2.75) is 47.1 Å². The van der Waals surface area contributed by atoms with E-state index in [1.807, 2.05) is 6.92 Å². The Morgan fingerprint density at radius 1 is 1.37 bits per heavy atom. The molecule has 0 N–H and O–H groups in total. The number of esters is 1. The first-order valence-electron chi connectivity index (χ1n) is 6.81. The highest BCUT2D eigenvalue weighted by Crippen LogP contribution is 2.17. The maximum absolute atomic E-state index is 11.8. The maximum atomic E-state index is 11.8. The van der Waals surface area contributed by atoms with Gasteiger partial charge in [-0.2, -0.15) is 0 Å². The smallest absolute Gasteiger partial charge is 0.376 e. The van der Waals surface area contributed by atoms with Crippen LogP contribution in [0.2, 0.25) is 0 Å². The van der Waals surface area contributed by atoms with Crippen molar-refractivity contribution >= 4 is 5.97 Å². The molecule has 0 radical (unpaired) electrons. The molecule has 1 aromatic rings. The maximum Gasteiger partial charge on any atom is 0.376 e. The first-order chi connectivity index (χ1) is 9.08. The summed E-state index contributed by atoms with van der Waals surface area (Å²) in [6.07, 6.45) is 1.62. The van der Waals surface area contributed by atoms with Crippen LogP contribution in [0.15, 0.2) is 4.42 Å². The Kier molecular flexibility index (Phi) is 6.56. The van der Waals surface area contributed by atoms with Crippen molar-refractivity contribution < 1.29 is 18.7 Å². The molecule has 0 amide bonds. The number of oxazole rings is 1. The van der Waals surface area contributed by atoms with Crippen LogP contribution >= 0.6 is 0 Å². The molecule has 5 heteroatoms. The topological polar surface area (TPSA) is 61.6 Å². The Balaban J connectivity index is 2.82. The van der Waals surface area contributed by atoms with Crippen LogP contribution in [0.4, 0.5) is 0 Å². The molecular weight excluding hydrogens is 246 g/mol.